The molecule has 2 amide bonds. The van der Waals surface area contributed by atoms with Crippen LogP contribution in [-0.4, -0.2) is 44.4 Å². The minimum Gasteiger partial charge on any atom is -0.349 e. The number of benzene rings is 1. The number of amides is 2. The maximum atomic E-state index is 13.8. The third-order valence-corrected chi connectivity index (χ3v) is 7.15. The van der Waals surface area contributed by atoms with Crippen LogP contribution in [-0.2, 0) is 11.2 Å². The fourth-order valence-electron chi connectivity index (χ4n) is 4.48. The number of hydrogen-bond donors (Lipinski definition) is 3. The van der Waals surface area contributed by atoms with Gasteiger partial charge < -0.3 is 15.6 Å². The van der Waals surface area contributed by atoms with E-state index in [1.807, 2.05) is 0 Å². The molecule has 0 aliphatic heterocycles. The Hall–Kier alpha value is -3.65. The number of imidazole rings is 1. The minimum absolute atomic E-state index is 0.0455. The quantitative estimate of drug-likeness (QED) is 0.241. The van der Waals surface area contributed by atoms with Crippen molar-refractivity contribution < 1.29 is 40.6 Å². The lowest BCUT2D eigenvalue weighted by molar-refractivity contribution is -0.215. The van der Waals surface area contributed by atoms with Gasteiger partial charge in [-0.15, -0.1) is 0 Å². The summed E-state index contributed by atoms with van der Waals surface area (Å²) in [5.74, 6) is -1.39. The first kappa shape index (κ1) is 30.3. The molecule has 0 radical (unpaired) electrons. The Kier molecular flexibility index (Phi) is 8.37. The van der Waals surface area contributed by atoms with Crippen molar-refractivity contribution in [2.24, 2.45) is 11.3 Å². The maximum Gasteiger partial charge on any atom is 0.394 e. The zero-order chi connectivity index (χ0) is 30.2. The highest BCUT2D eigenvalue weighted by molar-refractivity contribution is 5.93. The Morgan fingerprint density at radius 1 is 1.10 bits per heavy atom. The molecule has 1 fully saturated rings. The lowest BCUT2D eigenvalue weighted by Gasteiger charge is -2.31. The molecule has 0 spiro atoms. The summed E-state index contributed by atoms with van der Waals surface area (Å²) >= 11 is 0. The van der Waals surface area contributed by atoms with Crippen molar-refractivity contribution in [2.75, 3.05) is 0 Å². The van der Waals surface area contributed by atoms with Gasteiger partial charge in [0.15, 0.2) is 5.69 Å². The molecule has 3 N–H and O–H groups in total. The molecule has 4 rings (SSSR count). The van der Waals surface area contributed by atoms with Crippen LogP contribution in [0.5, 0.6) is 0 Å². The van der Waals surface area contributed by atoms with Crippen LogP contribution in [0.3, 0.4) is 0 Å². The highest BCUT2D eigenvalue weighted by Crippen LogP contribution is 2.44. The van der Waals surface area contributed by atoms with E-state index in [4.69, 9.17) is 0 Å². The molecular formula is C26H30F6N6O3. The number of carbonyl (C=O) groups excluding carboxylic acids is 2. The van der Waals surface area contributed by atoms with Gasteiger partial charge in [-0.2, -0.15) is 26.3 Å². The molecule has 0 unspecified atom stereocenters. The Morgan fingerprint density at radius 3 is 2.41 bits per heavy atom. The van der Waals surface area contributed by atoms with Crippen LogP contribution in [0, 0.1) is 11.3 Å². The average Bonchev–Trinajstić information content (AvgIpc) is 3.43. The lowest BCUT2D eigenvalue weighted by Crippen LogP contribution is -2.39. The monoisotopic (exact) mass is 588 g/mol. The Bertz CT molecular complexity index is 1390. The molecule has 1 saturated carbocycles. The first-order chi connectivity index (χ1) is 19.1. The first-order valence-electron chi connectivity index (χ1n) is 13.1. The van der Waals surface area contributed by atoms with Crippen LogP contribution in [0.1, 0.15) is 92.5 Å². The summed E-state index contributed by atoms with van der Waals surface area (Å²) in [6.07, 6.45) is -9.64. The van der Waals surface area contributed by atoms with Crippen molar-refractivity contribution in [3.05, 3.63) is 41.0 Å². The number of aromatic amines is 1. The molecule has 0 saturated heterocycles. The van der Waals surface area contributed by atoms with Gasteiger partial charge in [-0.1, -0.05) is 32.0 Å². The van der Waals surface area contributed by atoms with Crippen LogP contribution in [0.4, 0.5) is 26.3 Å². The smallest absolute Gasteiger partial charge is 0.349 e. The van der Waals surface area contributed by atoms with Crippen LogP contribution in [0.25, 0.3) is 11.0 Å². The average molecular weight is 589 g/mol. The van der Waals surface area contributed by atoms with E-state index in [1.165, 1.54) is 0 Å². The van der Waals surface area contributed by atoms with E-state index in [0.717, 1.165) is 26.7 Å². The van der Waals surface area contributed by atoms with Crippen molar-refractivity contribution in [2.45, 2.75) is 83.7 Å². The maximum absolute atomic E-state index is 13.8. The zero-order valence-electron chi connectivity index (χ0n) is 22.5. The highest BCUT2D eigenvalue weighted by atomic mass is 19.4. The topological polar surface area (TPSA) is 126 Å². The molecule has 2 heterocycles. The number of fused-ring (bicyclic) bond motifs is 1. The number of nitrogens with one attached hydrogen (secondary N) is 3. The molecule has 1 aliphatic carbocycles. The number of H-pyrrole nitrogens is 1. The molecule has 3 aromatic rings. The number of aryl methyl sites for hydroxylation is 1. The van der Waals surface area contributed by atoms with Gasteiger partial charge >= 0.3 is 12.4 Å². The standard InChI is InChI=1S/C26H30F6N6O3/c1-4-15-21(38-41-37-15)23(40)35-18(12-24(2,3)26(30,31)32)22-33-16-8-7-14(11-17(16)34-22)20(13-5-6-13)36-19(39)9-10-25(27,28)29/h7-8,11,13,18,20H,4-6,9-10,12H2,1-3H3,(H,33,34)(H,35,40)(H,36,39)/t18-,20+/m0/s1. The van der Waals surface area contributed by atoms with E-state index in [9.17, 15) is 35.9 Å². The zero-order valence-corrected chi connectivity index (χ0v) is 22.5. The normalized spacial score (nSPS) is 16.0. The molecule has 0 bridgehead atoms. The number of alkyl halides is 6. The van der Waals surface area contributed by atoms with Crippen molar-refractivity contribution in [3.63, 3.8) is 0 Å². The predicted molar refractivity (Wildman–Crippen MR) is 133 cm³/mol. The third-order valence-electron chi connectivity index (χ3n) is 7.15. The van der Waals surface area contributed by atoms with Gasteiger partial charge in [0.2, 0.25) is 5.91 Å². The second-order valence-corrected chi connectivity index (χ2v) is 10.9. The van der Waals surface area contributed by atoms with Crippen LogP contribution in [0.15, 0.2) is 22.8 Å². The minimum atomic E-state index is -4.58. The van der Waals surface area contributed by atoms with E-state index >= 15 is 0 Å². The molecule has 15 heteroatoms. The van der Waals surface area contributed by atoms with Crippen molar-refractivity contribution >= 4 is 22.8 Å². The van der Waals surface area contributed by atoms with Gasteiger partial charge in [-0.05, 0) is 54.5 Å². The molecule has 1 aliphatic rings. The largest absolute Gasteiger partial charge is 0.394 e. The summed E-state index contributed by atoms with van der Waals surface area (Å²) in [5, 5.41) is 12.5. The summed E-state index contributed by atoms with van der Waals surface area (Å²) in [7, 11) is 0. The second kappa shape index (κ2) is 11.3. The molecule has 2 aromatic heterocycles. The number of halogens is 6. The number of aromatic nitrogens is 4. The van der Waals surface area contributed by atoms with Crippen LogP contribution in [0.2, 0.25) is 0 Å². The summed E-state index contributed by atoms with van der Waals surface area (Å²) in [6.45, 7) is 3.75. The summed E-state index contributed by atoms with van der Waals surface area (Å²) in [4.78, 5) is 32.6. The van der Waals surface area contributed by atoms with Crippen LogP contribution < -0.4 is 10.6 Å². The van der Waals surface area contributed by atoms with Gasteiger partial charge in [0.25, 0.3) is 5.91 Å². The highest BCUT2D eigenvalue weighted by Gasteiger charge is 2.49. The Balaban J connectivity index is 1.62. The summed E-state index contributed by atoms with van der Waals surface area (Å²) < 4.78 is 83.7. The van der Waals surface area contributed by atoms with E-state index < -0.39 is 60.9 Å². The van der Waals surface area contributed by atoms with Crippen molar-refractivity contribution in [3.8, 4) is 0 Å². The van der Waals surface area contributed by atoms with E-state index in [1.54, 1.807) is 25.1 Å². The van der Waals surface area contributed by atoms with Crippen LogP contribution >= 0.6 is 0 Å². The number of carbonyl (C=O) groups is 2. The number of hydrogen-bond acceptors (Lipinski definition) is 6. The Labute approximate surface area is 230 Å². The molecular weight excluding hydrogens is 558 g/mol. The SMILES string of the molecule is CCc1nonc1C(=O)N[C@@H](CC(C)(C)C(F)(F)F)c1nc2cc([C@H](NC(=O)CCC(F)(F)F)C3CC3)ccc2[nH]1. The molecule has 9 nitrogen and oxygen atoms in total. The van der Waals surface area contributed by atoms with Crippen molar-refractivity contribution in [1.82, 2.24) is 30.9 Å². The summed E-state index contributed by atoms with van der Waals surface area (Å²) in [6, 6.07) is 3.19. The fraction of sp³-hybridized carbons (Fsp3) is 0.577. The van der Waals surface area contributed by atoms with E-state index in [-0.39, 0.29) is 23.1 Å². The second-order valence-electron chi connectivity index (χ2n) is 10.9. The van der Waals surface area contributed by atoms with E-state index in [2.05, 4.69) is 35.5 Å². The van der Waals surface area contributed by atoms with Crippen molar-refractivity contribution in [1.29, 1.82) is 0 Å². The number of nitrogens with zero attached hydrogens (tertiary/aromatic N) is 3. The molecule has 1 aromatic carbocycles. The number of rotatable bonds is 11. The Morgan fingerprint density at radius 2 is 1.80 bits per heavy atom. The summed E-state index contributed by atoms with van der Waals surface area (Å²) in [5.41, 5.74) is -0.681. The van der Waals surface area contributed by atoms with Gasteiger partial charge in [-0.25, -0.2) is 9.61 Å². The van der Waals surface area contributed by atoms with Gasteiger partial charge in [0, 0.05) is 6.42 Å². The predicted octanol–water partition coefficient (Wildman–Crippen LogP) is 5.87. The third kappa shape index (κ3) is 7.36. The molecule has 224 valence electrons. The lowest BCUT2D eigenvalue weighted by atomic mass is 9.84. The van der Waals surface area contributed by atoms with Gasteiger partial charge in [-0.3, -0.25) is 9.59 Å². The van der Waals surface area contributed by atoms with Gasteiger partial charge in [0.05, 0.1) is 35.0 Å². The van der Waals surface area contributed by atoms with E-state index in [0.29, 0.717) is 23.0 Å². The van der Waals surface area contributed by atoms with Gasteiger partial charge in [0.1, 0.15) is 11.5 Å². The first-order valence-corrected chi connectivity index (χ1v) is 13.1. The molecule has 41 heavy (non-hydrogen) atoms. The molecule has 2 atom stereocenters. The fourth-order valence-corrected chi connectivity index (χ4v) is 4.48.